The average molecular weight is 359 g/mol. The van der Waals surface area contributed by atoms with Crippen LogP contribution in [-0.4, -0.2) is 74.0 Å². The number of hydrogen-bond acceptors (Lipinski definition) is 7. The van der Waals surface area contributed by atoms with Crippen LogP contribution in [0.3, 0.4) is 0 Å². The minimum atomic E-state index is -1.08. The van der Waals surface area contributed by atoms with Crippen molar-refractivity contribution in [3.05, 3.63) is 30.0 Å². The number of carboxylic acid groups (broad SMARTS) is 1. The molecule has 10 nitrogen and oxygen atoms in total. The van der Waals surface area contributed by atoms with Gasteiger partial charge in [-0.1, -0.05) is 5.21 Å². The number of rotatable bonds is 5. The van der Waals surface area contributed by atoms with Gasteiger partial charge in [-0.25, -0.2) is 9.78 Å². The lowest BCUT2D eigenvalue weighted by Gasteiger charge is -2.33. The first-order valence-corrected chi connectivity index (χ1v) is 8.36. The van der Waals surface area contributed by atoms with E-state index in [-0.39, 0.29) is 17.5 Å². The van der Waals surface area contributed by atoms with Crippen molar-refractivity contribution in [2.24, 2.45) is 5.92 Å². The molecular weight excluding hydrogens is 338 g/mol. The van der Waals surface area contributed by atoms with E-state index in [0.717, 1.165) is 25.9 Å². The lowest BCUT2D eigenvalue weighted by molar-refractivity contribution is 0.0689. The van der Waals surface area contributed by atoms with Crippen molar-refractivity contribution in [3.8, 4) is 0 Å². The van der Waals surface area contributed by atoms with E-state index < -0.39 is 5.97 Å². The maximum absolute atomic E-state index is 12.1. The molecule has 1 atom stereocenters. The van der Waals surface area contributed by atoms with E-state index >= 15 is 0 Å². The summed E-state index contributed by atoms with van der Waals surface area (Å²) in [5, 5.41) is 16.5. The highest BCUT2D eigenvalue weighted by Crippen LogP contribution is 2.22. The number of nitrogens with zero attached hydrogens (tertiary/aromatic N) is 7. The summed E-state index contributed by atoms with van der Waals surface area (Å²) in [6.45, 7) is 2.15. The number of anilines is 1. The molecule has 138 valence electrons. The number of hydrogen-bond donors (Lipinski definition) is 1. The van der Waals surface area contributed by atoms with Gasteiger partial charge in [0, 0.05) is 33.7 Å². The Hall–Kier alpha value is -3.04. The van der Waals surface area contributed by atoms with Crippen molar-refractivity contribution in [2.75, 3.05) is 32.1 Å². The van der Waals surface area contributed by atoms with Crippen LogP contribution in [0.2, 0.25) is 0 Å². The average Bonchev–Trinajstić information content (AvgIpc) is 3.10. The second-order valence-corrected chi connectivity index (χ2v) is 6.55. The normalized spacial score (nSPS) is 17.2. The predicted octanol–water partition coefficient (Wildman–Crippen LogP) is 0.385. The largest absolute Gasteiger partial charge is 0.476 e. The minimum Gasteiger partial charge on any atom is -0.476 e. The molecule has 0 spiro atoms. The number of carbonyl (C=O) groups is 2. The van der Waals surface area contributed by atoms with Crippen molar-refractivity contribution in [1.82, 2.24) is 29.9 Å². The van der Waals surface area contributed by atoms with E-state index in [1.165, 1.54) is 17.3 Å². The minimum absolute atomic E-state index is 0.0570. The number of piperidine rings is 1. The molecule has 3 rings (SSSR count). The fourth-order valence-electron chi connectivity index (χ4n) is 3.01. The topological polar surface area (TPSA) is 117 Å². The van der Waals surface area contributed by atoms with E-state index in [4.69, 9.17) is 5.11 Å². The Bertz CT molecular complexity index is 805. The lowest BCUT2D eigenvalue weighted by atomic mass is 9.98. The first kappa shape index (κ1) is 17.8. The van der Waals surface area contributed by atoms with E-state index in [1.54, 1.807) is 25.0 Å². The molecule has 1 fully saturated rings. The summed E-state index contributed by atoms with van der Waals surface area (Å²) < 4.78 is 1.56. The summed E-state index contributed by atoms with van der Waals surface area (Å²) in [6, 6.07) is 0. The van der Waals surface area contributed by atoms with Gasteiger partial charge in [0.05, 0.1) is 18.6 Å². The van der Waals surface area contributed by atoms with Crippen LogP contribution in [0.15, 0.2) is 18.6 Å². The zero-order valence-corrected chi connectivity index (χ0v) is 14.7. The van der Waals surface area contributed by atoms with Gasteiger partial charge in [-0.15, -0.1) is 5.10 Å². The molecule has 1 aliphatic heterocycles. The predicted molar refractivity (Wildman–Crippen MR) is 92.0 cm³/mol. The van der Waals surface area contributed by atoms with Gasteiger partial charge in [0.1, 0.15) is 11.5 Å². The molecule has 1 aliphatic rings. The Balaban J connectivity index is 1.69. The molecule has 2 aromatic rings. The van der Waals surface area contributed by atoms with Crippen LogP contribution < -0.4 is 4.90 Å². The molecule has 2 aromatic heterocycles. The van der Waals surface area contributed by atoms with Crippen molar-refractivity contribution in [2.45, 2.75) is 19.4 Å². The Kier molecular flexibility index (Phi) is 5.10. The molecule has 0 aliphatic carbocycles. The molecule has 0 aromatic carbocycles. The molecule has 1 N–H and O–H groups in total. The zero-order chi connectivity index (χ0) is 18.7. The van der Waals surface area contributed by atoms with Crippen LogP contribution in [0, 0.1) is 5.92 Å². The number of aromatic carboxylic acids is 1. The fraction of sp³-hybridized carbons (Fsp3) is 0.500. The van der Waals surface area contributed by atoms with Crippen LogP contribution in [0.25, 0.3) is 0 Å². The molecule has 1 unspecified atom stereocenters. The maximum atomic E-state index is 12.1. The quantitative estimate of drug-likeness (QED) is 0.814. The molecule has 0 radical (unpaired) electrons. The third kappa shape index (κ3) is 3.95. The Labute approximate surface area is 150 Å². The summed E-state index contributed by atoms with van der Waals surface area (Å²) in [5.41, 5.74) is 0.260. The van der Waals surface area contributed by atoms with Crippen molar-refractivity contribution in [1.29, 1.82) is 0 Å². The summed E-state index contributed by atoms with van der Waals surface area (Å²) in [6.07, 6.45) is 6.54. The van der Waals surface area contributed by atoms with Gasteiger partial charge >= 0.3 is 5.97 Å². The second kappa shape index (κ2) is 7.46. The molecule has 0 saturated carbocycles. The summed E-state index contributed by atoms with van der Waals surface area (Å²) >= 11 is 0. The Morgan fingerprint density at radius 2 is 2.12 bits per heavy atom. The first-order valence-electron chi connectivity index (χ1n) is 8.36. The molecule has 1 saturated heterocycles. The van der Waals surface area contributed by atoms with Crippen molar-refractivity contribution in [3.63, 3.8) is 0 Å². The first-order chi connectivity index (χ1) is 12.4. The molecule has 1 amide bonds. The molecule has 26 heavy (non-hydrogen) atoms. The standard InChI is InChI=1S/C16H21N7O3/c1-21(2)15(24)12-6-17-7-14(18-12)22-5-3-4-11(8-22)9-23-10-13(16(25)26)19-20-23/h6-7,10-11H,3-5,8-9H2,1-2H3,(H,25,26). The second-order valence-electron chi connectivity index (χ2n) is 6.55. The lowest BCUT2D eigenvalue weighted by Crippen LogP contribution is -2.38. The van der Waals surface area contributed by atoms with E-state index in [9.17, 15) is 9.59 Å². The highest BCUT2D eigenvalue weighted by atomic mass is 16.4. The van der Waals surface area contributed by atoms with Crippen LogP contribution in [0.4, 0.5) is 5.82 Å². The van der Waals surface area contributed by atoms with Crippen LogP contribution in [0.5, 0.6) is 0 Å². The fourth-order valence-corrected chi connectivity index (χ4v) is 3.01. The number of aromatic nitrogens is 5. The molecule has 3 heterocycles. The van der Waals surface area contributed by atoms with Gasteiger partial charge in [0.25, 0.3) is 5.91 Å². The SMILES string of the molecule is CN(C)C(=O)c1cncc(N2CCCC(Cn3cc(C(=O)O)nn3)C2)n1. The Morgan fingerprint density at radius 3 is 2.81 bits per heavy atom. The summed E-state index contributed by atoms with van der Waals surface area (Å²) in [7, 11) is 3.36. The van der Waals surface area contributed by atoms with Gasteiger partial charge in [0.15, 0.2) is 5.69 Å². The van der Waals surface area contributed by atoms with Gasteiger partial charge in [-0.2, -0.15) is 0 Å². The molecular formula is C16H21N7O3. The number of amides is 1. The maximum Gasteiger partial charge on any atom is 0.358 e. The smallest absolute Gasteiger partial charge is 0.358 e. The van der Waals surface area contributed by atoms with Gasteiger partial charge in [-0.05, 0) is 18.8 Å². The van der Waals surface area contributed by atoms with Crippen LogP contribution in [-0.2, 0) is 6.54 Å². The van der Waals surface area contributed by atoms with Crippen LogP contribution in [0.1, 0.15) is 33.8 Å². The van der Waals surface area contributed by atoms with Crippen LogP contribution >= 0.6 is 0 Å². The van der Waals surface area contributed by atoms with Gasteiger partial charge < -0.3 is 14.9 Å². The summed E-state index contributed by atoms with van der Waals surface area (Å²) in [4.78, 5) is 35.2. The van der Waals surface area contributed by atoms with E-state index in [2.05, 4.69) is 25.2 Å². The summed E-state index contributed by atoms with van der Waals surface area (Å²) in [5.74, 6) is -0.315. The zero-order valence-electron chi connectivity index (χ0n) is 14.7. The van der Waals surface area contributed by atoms with E-state index in [1.807, 2.05) is 0 Å². The third-order valence-corrected chi connectivity index (χ3v) is 4.29. The van der Waals surface area contributed by atoms with Crippen molar-refractivity contribution >= 4 is 17.7 Å². The molecule has 0 bridgehead atoms. The monoisotopic (exact) mass is 359 g/mol. The molecule has 10 heteroatoms. The van der Waals surface area contributed by atoms with Crippen molar-refractivity contribution < 1.29 is 14.7 Å². The van der Waals surface area contributed by atoms with Gasteiger partial charge in [-0.3, -0.25) is 14.5 Å². The van der Waals surface area contributed by atoms with Gasteiger partial charge in [0.2, 0.25) is 0 Å². The highest BCUT2D eigenvalue weighted by Gasteiger charge is 2.23. The number of carbonyl (C=O) groups excluding carboxylic acids is 1. The number of carboxylic acids is 1. The third-order valence-electron chi connectivity index (χ3n) is 4.29. The Morgan fingerprint density at radius 1 is 1.31 bits per heavy atom. The highest BCUT2D eigenvalue weighted by molar-refractivity contribution is 5.91. The van der Waals surface area contributed by atoms with E-state index in [0.29, 0.717) is 18.1 Å².